The Balaban J connectivity index is 1.96. The maximum Gasteiger partial charge on any atom is 0.308 e. The maximum absolute atomic E-state index is 13.9. The van der Waals surface area contributed by atoms with Crippen LogP contribution in [0.3, 0.4) is 0 Å². The molecule has 0 aromatic rings. The first-order valence-electron chi connectivity index (χ1n) is 11.2. The van der Waals surface area contributed by atoms with Gasteiger partial charge in [0.2, 0.25) is 11.8 Å². The highest BCUT2D eigenvalue weighted by Gasteiger charge is 2.75. The number of thioether (sulfide) groups is 1. The van der Waals surface area contributed by atoms with Gasteiger partial charge < -0.3 is 20.0 Å². The van der Waals surface area contributed by atoms with E-state index in [4.69, 9.17) is 5.11 Å². The van der Waals surface area contributed by atoms with Gasteiger partial charge in [0, 0.05) is 36.3 Å². The number of unbranched alkanes of at least 4 members (excludes halogenated alkanes) is 3. The number of amides is 2. The molecule has 0 radical (unpaired) electrons. The topological polar surface area (TPSA) is 98.2 Å². The second-order valence-corrected chi connectivity index (χ2v) is 11.5. The molecule has 0 saturated carbocycles. The lowest BCUT2D eigenvalue weighted by Crippen LogP contribution is -2.55. The molecular formula is C22H33BrN2O5S. The number of fused-ring (bicyclic) bond motifs is 1. The molecule has 2 bridgehead atoms. The molecule has 3 rings (SSSR count). The monoisotopic (exact) mass is 516 g/mol. The Hall–Kier alpha value is -1.06. The number of aliphatic hydroxyl groups excluding tert-OH is 1. The minimum Gasteiger partial charge on any atom is -0.481 e. The van der Waals surface area contributed by atoms with Crippen LogP contribution in [0.15, 0.2) is 12.7 Å². The predicted octanol–water partition coefficient (Wildman–Crippen LogP) is 2.51. The summed E-state index contributed by atoms with van der Waals surface area (Å²) in [4.78, 5) is 43.0. The molecule has 3 fully saturated rings. The predicted molar refractivity (Wildman–Crippen MR) is 124 cm³/mol. The average molecular weight is 517 g/mol. The van der Waals surface area contributed by atoms with Crippen molar-refractivity contribution >= 4 is 45.5 Å². The molecule has 3 aliphatic rings. The highest BCUT2D eigenvalue weighted by Crippen LogP contribution is 2.67. The SMILES string of the molecule is C=CCN(CCCC)C(=O)C1N(CCCCCO)C(=O)[C@@H]2[C@H](C(=O)O)[C@H]3SC12CC3Br. The average Bonchev–Trinajstić information content (AvgIpc) is 3.32. The zero-order valence-electron chi connectivity index (χ0n) is 18.0. The second kappa shape index (κ2) is 10.3. The van der Waals surface area contributed by atoms with Gasteiger partial charge in [-0.15, -0.1) is 18.3 Å². The van der Waals surface area contributed by atoms with Crippen molar-refractivity contribution in [3.05, 3.63) is 12.7 Å². The van der Waals surface area contributed by atoms with Crippen LogP contribution in [0.25, 0.3) is 0 Å². The molecule has 2 N–H and O–H groups in total. The summed E-state index contributed by atoms with van der Waals surface area (Å²) in [6, 6.07) is -0.657. The van der Waals surface area contributed by atoms with Crippen LogP contribution in [0.1, 0.15) is 45.4 Å². The summed E-state index contributed by atoms with van der Waals surface area (Å²) in [5.74, 6) is -2.69. The van der Waals surface area contributed by atoms with Crippen LogP contribution in [0, 0.1) is 11.8 Å². The molecule has 3 heterocycles. The molecule has 6 atom stereocenters. The van der Waals surface area contributed by atoms with Crippen molar-refractivity contribution in [1.29, 1.82) is 0 Å². The van der Waals surface area contributed by atoms with Gasteiger partial charge in [-0.3, -0.25) is 14.4 Å². The van der Waals surface area contributed by atoms with Gasteiger partial charge in [0.05, 0.1) is 16.6 Å². The summed E-state index contributed by atoms with van der Waals surface area (Å²) in [7, 11) is 0. The van der Waals surface area contributed by atoms with Crippen LogP contribution in [0.4, 0.5) is 0 Å². The third kappa shape index (κ3) is 4.29. The molecule has 7 nitrogen and oxygen atoms in total. The number of alkyl halides is 1. The van der Waals surface area contributed by atoms with E-state index in [0.29, 0.717) is 38.9 Å². The summed E-state index contributed by atoms with van der Waals surface area (Å²) in [6.07, 6.45) is 6.21. The number of carboxylic acids is 1. The molecule has 174 valence electrons. The molecule has 3 saturated heterocycles. The van der Waals surface area contributed by atoms with E-state index in [0.717, 1.165) is 19.3 Å². The normalized spacial score (nSPS) is 33.6. The standard InChI is InChI=1S/C22H33BrN2O5S/c1-3-5-10-24(9-4-2)20(28)18-22-13-14(23)17(31-22)15(21(29)30)16(22)19(27)25(18)11-7-6-8-12-26/h4,14-18,26H,2-3,5-13H2,1H3,(H,29,30)/t14?,15-,16-,17-,18?,22?/m0/s1. The van der Waals surface area contributed by atoms with Gasteiger partial charge in [0.25, 0.3) is 0 Å². The van der Waals surface area contributed by atoms with Gasteiger partial charge >= 0.3 is 5.97 Å². The summed E-state index contributed by atoms with van der Waals surface area (Å²) in [5, 5.41) is 18.8. The minimum atomic E-state index is -0.955. The molecule has 3 unspecified atom stereocenters. The molecule has 0 aliphatic carbocycles. The van der Waals surface area contributed by atoms with Gasteiger partial charge in [0.15, 0.2) is 0 Å². The number of carbonyl (C=O) groups is 3. The van der Waals surface area contributed by atoms with E-state index in [2.05, 4.69) is 29.4 Å². The molecule has 2 amide bonds. The summed E-state index contributed by atoms with van der Waals surface area (Å²) < 4.78 is -0.710. The Kier molecular flexibility index (Phi) is 8.13. The number of halogens is 1. The van der Waals surface area contributed by atoms with Gasteiger partial charge in [-0.1, -0.05) is 35.4 Å². The Morgan fingerprint density at radius 2 is 2.10 bits per heavy atom. The fourth-order valence-electron chi connectivity index (χ4n) is 5.47. The van der Waals surface area contributed by atoms with Crippen molar-refractivity contribution in [2.45, 2.75) is 66.3 Å². The zero-order valence-corrected chi connectivity index (χ0v) is 20.4. The van der Waals surface area contributed by atoms with Crippen LogP contribution < -0.4 is 0 Å². The van der Waals surface area contributed by atoms with Crippen molar-refractivity contribution in [1.82, 2.24) is 9.80 Å². The Labute approximate surface area is 196 Å². The van der Waals surface area contributed by atoms with Crippen LogP contribution in [0.2, 0.25) is 0 Å². The number of carbonyl (C=O) groups excluding carboxylic acids is 2. The van der Waals surface area contributed by atoms with Gasteiger partial charge in [-0.05, 0) is 32.1 Å². The third-order valence-corrected chi connectivity index (χ3v) is 10.0. The largest absolute Gasteiger partial charge is 0.481 e. The van der Waals surface area contributed by atoms with Gasteiger partial charge in [0.1, 0.15) is 6.04 Å². The summed E-state index contributed by atoms with van der Waals surface area (Å²) >= 11 is 5.19. The second-order valence-electron chi connectivity index (χ2n) is 8.74. The van der Waals surface area contributed by atoms with E-state index >= 15 is 0 Å². The number of hydrogen-bond donors (Lipinski definition) is 2. The first kappa shape index (κ1) is 24.6. The maximum atomic E-state index is 13.9. The number of aliphatic hydroxyl groups is 1. The minimum absolute atomic E-state index is 0.0317. The van der Waals surface area contributed by atoms with Crippen LogP contribution in [-0.4, -0.2) is 84.9 Å². The molecule has 0 aromatic heterocycles. The first-order valence-corrected chi connectivity index (χ1v) is 13.0. The van der Waals surface area contributed by atoms with Crippen LogP contribution >= 0.6 is 27.7 Å². The lowest BCUT2D eigenvalue weighted by molar-refractivity contribution is -0.148. The number of hydrogen-bond acceptors (Lipinski definition) is 5. The fraction of sp³-hybridized carbons (Fsp3) is 0.773. The lowest BCUT2D eigenvalue weighted by Gasteiger charge is -2.37. The van der Waals surface area contributed by atoms with Crippen molar-refractivity contribution in [3.8, 4) is 0 Å². The number of likely N-dealkylation sites (tertiary alicyclic amines) is 1. The molecular weight excluding hydrogens is 484 g/mol. The van der Waals surface area contributed by atoms with E-state index in [1.807, 2.05) is 0 Å². The van der Waals surface area contributed by atoms with E-state index in [1.165, 1.54) is 11.8 Å². The molecule has 1 spiro atoms. The van der Waals surface area contributed by atoms with Crippen molar-refractivity contribution in [2.24, 2.45) is 11.8 Å². The van der Waals surface area contributed by atoms with E-state index in [-0.39, 0.29) is 28.5 Å². The molecule has 0 aromatic carbocycles. The Morgan fingerprint density at radius 1 is 1.35 bits per heavy atom. The smallest absolute Gasteiger partial charge is 0.308 e. The molecule has 31 heavy (non-hydrogen) atoms. The third-order valence-electron chi connectivity index (χ3n) is 6.81. The number of nitrogens with zero attached hydrogens (tertiary/aromatic N) is 2. The highest BCUT2D eigenvalue weighted by molar-refractivity contribution is 9.09. The van der Waals surface area contributed by atoms with Crippen LogP contribution in [0.5, 0.6) is 0 Å². The number of rotatable bonds is 12. The summed E-state index contributed by atoms with van der Waals surface area (Å²) in [5.41, 5.74) is 0. The Morgan fingerprint density at radius 3 is 2.71 bits per heavy atom. The summed E-state index contributed by atoms with van der Waals surface area (Å²) in [6.45, 7) is 7.38. The number of aliphatic carboxylic acids is 1. The van der Waals surface area contributed by atoms with E-state index in [1.54, 1.807) is 15.9 Å². The van der Waals surface area contributed by atoms with Crippen molar-refractivity contribution in [3.63, 3.8) is 0 Å². The fourth-order valence-corrected chi connectivity index (χ4v) is 9.07. The lowest BCUT2D eigenvalue weighted by atomic mass is 9.71. The first-order chi connectivity index (χ1) is 14.8. The van der Waals surface area contributed by atoms with Crippen molar-refractivity contribution < 1.29 is 24.6 Å². The van der Waals surface area contributed by atoms with Crippen LogP contribution in [-0.2, 0) is 14.4 Å². The quantitative estimate of drug-likeness (QED) is 0.235. The highest BCUT2D eigenvalue weighted by atomic mass is 79.9. The van der Waals surface area contributed by atoms with Gasteiger partial charge in [-0.2, -0.15) is 0 Å². The van der Waals surface area contributed by atoms with E-state index in [9.17, 15) is 19.5 Å². The zero-order chi connectivity index (χ0) is 22.8. The Bertz CT molecular complexity index is 722. The molecule has 3 aliphatic heterocycles. The van der Waals surface area contributed by atoms with E-state index < -0.39 is 28.6 Å². The van der Waals surface area contributed by atoms with Gasteiger partial charge in [-0.25, -0.2) is 0 Å². The molecule has 9 heteroatoms. The number of carboxylic acid groups (broad SMARTS) is 1. The van der Waals surface area contributed by atoms with Crippen molar-refractivity contribution in [2.75, 3.05) is 26.2 Å².